The van der Waals surface area contributed by atoms with Gasteiger partial charge in [-0.15, -0.1) is 0 Å². The molecule has 0 aliphatic rings. The third-order valence-electron chi connectivity index (χ3n) is 6.16. The van der Waals surface area contributed by atoms with E-state index in [1.807, 2.05) is 42.5 Å². The number of hydrogen-bond acceptors (Lipinski definition) is 3. The molecule has 0 atom stereocenters. The fourth-order valence-electron chi connectivity index (χ4n) is 4.74. The molecule has 0 unspecified atom stereocenters. The standard InChI is InChI=1S/C28H14F2O3/c29-23-8-3-9-24(30)27(23)33-28(32)22-13-12-21-17-5-1-4-16-15(14-31)10-11-20(25(16)17)18-6-2-7-19(22)26(18)21/h1-14H. The Morgan fingerprint density at radius 1 is 0.636 bits per heavy atom. The van der Waals surface area contributed by atoms with E-state index in [1.54, 1.807) is 18.2 Å². The van der Waals surface area contributed by atoms with Crippen molar-refractivity contribution in [1.82, 2.24) is 0 Å². The number of ether oxygens (including phenoxy) is 1. The van der Waals surface area contributed by atoms with Gasteiger partial charge in [0.25, 0.3) is 0 Å². The first-order chi connectivity index (χ1) is 16.1. The molecule has 5 heteroatoms. The normalized spacial score (nSPS) is 11.6. The summed E-state index contributed by atoms with van der Waals surface area (Å²) in [6.45, 7) is 0. The van der Waals surface area contributed by atoms with E-state index in [0.29, 0.717) is 10.9 Å². The number of para-hydroxylation sites is 1. The fraction of sp³-hybridized carbons (Fsp3) is 0. The molecule has 0 aliphatic heterocycles. The molecule has 158 valence electrons. The summed E-state index contributed by atoms with van der Waals surface area (Å²) in [6, 6.07) is 21.8. The molecule has 0 spiro atoms. The molecule has 0 bridgehead atoms. The van der Waals surface area contributed by atoms with Gasteiger partial charge in [0.05, 0.1) is 5.56 Å². The Balaban J connectivity index is 1.65. The lowest BCUT2D eigenvalue weighted by Gasteiger charge is -2.16. The molecule has 3 nitrogen and oxygen atoms in total. The Hall–Kier alpha value is -4.38. The number of halogens is 2. The summed E-state index contributed by atoms with van der Waals surface area (Å²) < 4.78 is 33.2. The van der Waals surface area contributed by atoms with E-state index >= 15 is 0 Å². The monoisotopic (exact) mass is 436 g/mol. The Kier molecular flexibility index (Phi) is 4.14. The topological polar surface area (TPSA) is 43.4 Å². The molecule has 6 aromatic rings. The van der Waals surface area contributed by atoms with Crippen LogP contribution in [0.5, 0.6) is 5.75 Å². The van der Waals surface area contributed by atoms with Gasteiger partial charge in [-0.1, -0.05) is 60.7 Å². The molecule has 0 radical (unpaired) electrons. The van der Waals surface area contributed by atoms with Gasteiger partial charge in [0.15, 0.2) is 17.9 Å². The highest BCUT2D eigenvalue weighted by Gasteiger charge is 2.21. The first-order valence-corrected chi connectivity index (χ1v) is 10.3. The highest BCUT2D eigenvalue weighted by atomic mass is 19.1. The Bertz CT molecular complexity index is 1710. The molecular weight excluding hydrogens is 422 g/mol. The zero-order valence-electron chi connectivity index (χ0n) is 17.1. The Morgan fingerprint density at radius 2 is 1.15 bits per heavy atom. The van der Waals surface area contributed by atoms with Crippen LogP contribution in [0.3, 0.4) is 0 Å². The summed E-state index contributed by atoms with van der Waals surface area (Å²) in [5.41, 5.74) is 0.816. The number of benzene rings is 6. The van der Waals surface area contributed by atoms with E-state index in [0.717, 1.165) is 56.1 Å². The van der Waals surface area contributed by atoms with Gasteiger partial charge in [0.1, 0.15) is 0 Å². The summed E-state index contributed by atoms with van der Waals surface area (Å²) >= 11 is 0. The second-order valence-corrected chi connectivity index (χ2v) is 7.88. The first kappa shape index (κ1) is 19.3. The van der Waals surface area contributed by atoms with Gasteiger partial charge < -0.3 is 4.74 Å². The highest BCUT2D eigenvalue weighted by molar-refractivity contribution is 6.35. The third-order valence-corrected chi connectivity index (χ3v) is 6.16. The van der Waals surface area contributed by atoms with Crippen LogP contribution in [-0.2, 0) is 0 Å². The maximum absolute atomic E-state index is 14.0. The smallest absolute Gasteiger partial charge is 0.344 e. The summed E-state index contributed by atoms with van der Waals surface area (Å²) in [5.74, 6) is -3.46. The molecule has 0 saturated heterocycles. The van der Waals surface area contributed by atoms with Gasteiger partial charge in [0.2, 0.25) is 5.75 Å². The minimum Gasteiger partial charge on any atom is -0.417 e. The maximum Gasteiger partial charge on any atom is 0.344 e. The second kappa shape index (κ2) is 7.07. The van der Waals surface area contributed by atoms with E-state index in [4.69, 9.17) is 4.74 Å². The molecule has 0 aromatic heterocycles. The van der Waals surface area contributed by atoms with Crippen LogP contribution in [0.15, 0.2) is 78.9 Å². The van der Waals surface area contributed by atoms with Crippen molar-refractivity contribution < 1.29 is 23.1 Å². The summed E-state index contributed by atoms with van der Waals surface area (Å²) in [4.78, 5) is 24.6. The largest absolute Gasteiger partial charge is 0.417 e. The maximum atomic E-state index is 14.0. The average molecular weight is 436 g/mol. The van der Waals surface area contributed by atoms with Crippen LogP contribution in [0, 0.1) is 11.6 Å². The number of esters is 1. The van der Waals surface area contributed by atoms with E-state index in [-0.39, 0.29) is 5.56 Å². The van der Waals surface area contributed by atoms with Crippen LogP contribution in [0.1, 0.15) is 20.7 Å². The molecule has 0 saturated carbocycles. The lowest BCUT2D eigenvalue weighted by Crippen LogP contribution is -2.11. The molecule has 6 aromatic carbocycles. The Labute approximate surface area is 186 Å². The van der Waals surface area contributed by atoms with Crippen molar-refractivity contribution in [1.29, 1.82) is 0 Å². The van der Waals surface area contributed by atoms with Crippen LogP contribution in [-0.4, -0.2) is 12.3 Å². The SMILES string of the molecule is O=Cc1ccc2c3cccc4c(C(=O)Oc5c(F)cccc5F)ccc(c5cccc1c25)c43. The molecule has 0 fully saturated rings. The number of fused-ring (bicyclic) bond motifs is 2. The fourth-order valence-corrected chi connectivity index (χ4v) is 4.74. The molecule has 0 N–H and O–H groups in total. The first-order valence-electron chi connectivity index (χ1n) is 10.3. The second-order valence-electron chi connectivity index (χ2n) is 7.88. The van der Waals surface area contributed by atoms with Gasteiger partial charge in [-0.25, -0.2) is 13.6 Å². The summed E-state index contributed by atoms with van der Waals surface area (Å²) in [7, 11) is 0. The predicted molar refractivity (Wildman–Crippen MR) is 124 cm³/mol. The summed E-state index contributed by atoms with van der Waals surface area (Å²) in [6.07, 6.45) is 0.847. The molecule has 33 heavy (non-hydrogen) atoms. The van der Waals surface area contributed by atoms with Crippen LogP contribution >= 0.6 is 0 Å². The van der Waals surface area contributed by atoms with Crippen LogP contribution in [0.25, 0.3) is 43.1 Å². The van der Waals surface area contributed by atoms with Gasteiger partial charge >= 0.3 is 5.97 Å². The Morgan fingerprint density at radius 3 is 1.82 bits per heavy atom. The van der Waals surface area contributed by atoms with Crippen molar-refractivity contribution in [2.45, 2.75) is 0 Å². The van der Waals surface area contributed by atoms with Gasteiger partial charge in [0, 0.05) is 5.56 Å². The van der Waals surface area contributed by atoms with Crippen molar-refractivity contribution in [2.24, 2.45) is 0 Å². The van der Waals surface area contributed by atoms with E-state index in [1.165, 1.54) is 6.07 Å². The molecule has 0 aliphatic carbocycles. The van der Waals surface area contributed by atoms with Gasteiger partial charge in [-0.2, -0.15) is 0 Å². The quantitative estimate of drug-likeness (QED) is 0.0982. The van der Waals surface area contributed by atoms with Gasteiger partial charge in [-0.05, 0) is 61.3 Å². The lowest BCUT2D eigenvalue weighted by atomic mass is 9.87. The minimum absolute atomic E-state index is 0.207. The molecular formula is C28H14F2O3. The summed E-state index contributed by atoms with van der Waals surface area (Å²) in [5, 5.41) is 7.04. The van der Waals surface area contributed by atoms with E-state index in [2.05, 4.69) is 0 Å². The molecule has 0 heterocycles. The van der Waals surface area contributed by atoms with Crippen molar-refractivity contribution in [3.8, 4) is 5.75 Å². The van der Waals surface area contributed by atoms with Crippen molar-refractivity contribution in [2.75, 3.05) is 0 Å². The molecule has 0 amide bonds. The average Bonchev–Trinajstić information content (AvgIpc) is 2.84. The zero-order valence-corrected chi connectivity index (χ0v) is 17.1. The number of hydrogen-bond donors (Lipinski definition) is 0. The third kappa shape index (κ3) is 2.72. The highest BCUT2D eigenvalue weighted by Crippen LogP contribution is 2.41. The number of aldehydes is 1. The van der Waals surface area contributed by atoms with Crippen molar-refractivity contribution in [3.05, 3.63) is 102 Å². The molecule has 6 rings (SSSR count). The number of rotatable bonds is 3. The van der Waals surface area contributed by atoms with E-state index in [9.17, 15) is 18.4 Å². The van der Waals surface area contributed by atoms with Crippen molar-refractivity contribution in [3.63, 3.8) is 0 Å². The lowest BCUT2D eigenvalue weighted by molar-refractivity contribution is 0.0722. The van der Waals surface area contributed by atoms with Crippen molar-refractivity contribution >= 4 is 55.3 Å². The van der Waals surface area contributed by atoms with Crippen LogP contribution < -0.4 is 4.74 Å². The van der Waals surface area contributed by atoms with Gasteiger partial charge in [-0.3, -0.25) is 4.79 Å². The van der Waals surface area contributed by atoms with Crippen LogP contribution in [0.4, 0.5) is 8.78 Å². The predicted octanol–water partition coefficient (Wildman–Crippen LogP) is 7.05. The minimum atomic E-state index is -0.947. The number of carbonyl (C=O) groups is 2. The number of carbonyl (C=O) groups excluding carboxylic acids is 2. The zero-order chi connectivity index (χ0) is 22.7. The van der Waals surface area contributed by atoms with Crippen LogP contribution in [0.2, 0.25) is 0 Å². The van der Waals surface area contributed by atoms with E-state index < -0.39 is 23.4 Å².